The third kappa shape index (κ3) is 3.99. The number of nitrogens with one attached hydrogen (secondary N) is 1. The molecule has 2 N–H and O–H groups in total. The number of aliphatic hydroxyl groups excluding tert-OH is 1. The van der Waals surface area contributed by atoms with Crippen LogP contribution in [-0.4, -0.2) is 36.3 Å². The number of aliphatic hydroxyl groups is 1. The van der Waals surface area contributed by atoms with Crippen LogP contribution in [0.25, 0.3) is 0 Å². The molecule has 1 atom stereocenters. The van der Waals surface area contributed by atoms with Gasteiger partial charge in [0.2, 0.25) is 0 Å². The highest BCUT2D eigenvalue weighted by molar-refractivity contribution is 5.26. The highest BCUT2D eigenvalue weighted by Crippen LogP contribution is 2.23. The first-order valence-electron chi connectivity index (χ1n) is 9.17. The van der Waals surface area contributed by atoms with E-state index in [-0.39, 0.29) is 5.56 Å². The molecule has 0 spiro atoms. The minimum Gasteiger partial charge on any atom is -0.382 e. The molecule has 0 amide bonds. The van der Waals surface area contributed by atoms with Crippen LogP contribution in [0.15, 0.2) is 47.3 Å². The zero-order valence-corrected chi connectivity index (χ0v) is 15.3. The monoisotopic (exact) mass is 365 g/mol. The topological polar surface area (TPSA) is 87.0 Å². The van der Waals surface area contributed by atoms with Crippen LogP contribution in [-0.2, 0) is 19.6 Å². The zero-order valence-electron chi connectivity index (χ0n) is 15.3. The average molecular weight is 365 g/mol. The normalized spacial score (nSPS) is 15.9. The Bertz CT molecular complexity index is 980. The number of hydrogen-bond donors (Lipinski definition) is 2. The van der Waals surface area contributed by atoms with Gasteiger partial charge in [0.25, 0.3) is 5.56 Å². The third-order valence-electron chi connectivity index (χ3n) is 4.81. The summed E-state index contributed by atoms with van der Waals surface area (Å²) in [6, 6.07) is 13.1. The molecule has 4 rings (SSSR count). The van der Waals surface area contributed by atoms with Gasteiger partial charge in [-0.3, -0.25) is 14.4 Å². The van der Waals surface area contributed by atoms with Crippen LogP contribution in [0.2, 0.25) is 0 Å². The van der Waals surface area contributed by atoms with Crippen molar-refractivity contribution in [3.63, 3.8) is 0 Å². The first-order chi connectivity index (χ1) is 13.1. The van der Waals surface area contributed by atoms with Crippen molar-refractivity contribution in [3.05, 3.63) is 81.3 Å². The maximum Gasteiger partial charge on any atom is 0.251 e. The van der Waals surface area contributed by atoms with Gasteiger partial charge in [0.1, 0.15) is 11.9 Å². The summed E-state index contributed by atoms with van der Waals surface area (Å²) >= 11 is 0. The van der Waals surface area contributed by atoms with E-state index >= 15 is 0 Å². The lowest BCUT2D eigenvalue weighted by Gasteiger charge is -2.18. The SMILES string of the molecule is Cc1nc(CN2CCCn3nc([C@@H](O)c4ccccc4)cc3C2)cc(=O)[nH]1. The van der Waals surface area contributed by atoms with E-state index in [0.717, 1.165) is 36.5 Å². The summed E-state index contributed by atoms with van der Waals surface area (Å²) in [6.07, 6.45) is 0.230. The molecular weight excluding hydrogens is 342 g/mol. The standard InChI is InChI=1S/C20H23N5O2/c1-14-21-16(10-19(26)22-14)12-24-8-5-9-25-17(13-24)11-18(23-25)20(27)15-6-3-2-4-7-15/h2-4,6-7,10-11,20,27H,5,8-9,12-13H2,1H3,(H,21,22,26)/t20-/m0/s1. The number of aromatic nitrogens is 4. The number of rotatable bonds is 4. The van der Waals surface area contributed by atoms with Crippen LogP contribution < -0.4 is 5.56 Å². The maximum atomic E-state index is 11.7. The molecule has 0 unspecified atom stereocenters. The van der Waals surface area contributed by atoms with Crippen molar-refractivity contribution in [1.82, 2.24) is 24.6 Å². The second-order valence-corrected chi connectivity index (χ2v) is 6.98. The quantitative estimate of drug-likeness (QED) is 0.736. The van der Waals surface area contributed by atoms with Gasteiger partial charge in [0, 0.05) is 32.2 Å². The summed E-state index contributed by atoms with van der Waals surface area (Å²) < 4.78 is 1.98. The van der Waals surface area contributed by atoms with E-state index < -0.39 is 6.10 Å². The molecule has 1 aromatic carbocycles. The van der Waals surface area contributed by atoms with Crippen LogP contribution in [0.1, 0.15) is 41.0 Å². The molecule has 7 nitrogen and oxygen atoms in total. The fourth-order valence-corrected chi connectivity index (χ4v) is 3.58. The Labute approximate surface area is 157 Å². The van der Waals surface area contributed by atoms with Crippen LogP contribution >= 0.6 is 0 Å². The van der Waals surface area contributed by atoms with Gasteiger partial charge in [-0.05, 0) is 25.0 Å². The molecule has 0 aliphatic carbocycles. The molecule has 0 bridgehead atoms. The van der Waals surface area contributed by atoms with E-state index in [1.54, 1.807) is 13.0 Å². The first kappa shape index (κ1) is 17.6. The first-order valence-corrected chi connectivity index (χ1v) is 9.17. The molecule has 3 aromatic rings. The number of hydrogen-bond acceptors (Lipinski definition) is 5. The number of nitrogens with zero attached hydrogens (tertiary/aromatic N) is 4. The second-order valence-electron chi connectivity index (χ2n) is 6.98. The summed E-state index contributed by atoms with van der Waals surface area (Å²) in [4.78, 5) is 21.0. The molecular formula is C20H23N5O2. The zero-order chi connectivity index (χ0) is 18.8. The summed E-state index contributed by atoms with van der Waals surface area (Å²) in [5, 5.41) is 15.3. The molecule has 140 valence electrons. The summed E-state index contributed by atoms with van der Waals surface area (Å²) in [5.74, 6) is 0.630. The van der Waals surface area contributed by atoms with Crippen molar-refractivity contribution < 1.29 is 5.11 Å². The third-order valence-corrected chi connectivity index (χ3v) is 4.81. The predicted octanol–water partition coefficient (Wildman–Crippen LogP) is 1.76. The van der Waals surface area contributed by atoms with E-state index in [9.17, 15) is 9.90 Å². The van der Waals surface area contributed by atoms with Gasteiger partial charge in [-0.25, -0.2) is 4.98 Å². The molecule has 3 heterocycles. The number of aromatic amines is 1. The van der Waals surface area contributed by atoms with Crippen LogP contribution in [0.5, 0.6) is 0 Å². The predicted molar refractivity (Wildman–Crippen MR) is 101 cm³/mol. The number of aryl methyl sites for hydroxylation is 2. The maximum absolute atomic E-state index is 11.7. The molecule has 1 aliphatic heterocycles. The van der Waals surface area contributed by atoms with Crippen LogP contribution in [0, 0.1) is 6.92 Å². The number of fused-ring (bicyclic) bond motifs is 1. The molecule has 0 fully saturated rings. The Morgan fingerprint density at radius 1 is 1.22 bits per heavy atom. The van der Waals surface area contributed by atoms with E-state index in [4.69, 9.17) is 0 Å². The fraction of sp³-hybridized carbons (Fsp3) is 0.350. The van der Waals surface area contributed by atoms with Gasteiger partial charge >= 0.3 is 0 Å². The van der Waals surface area contributed by atoms with Gasteiger partial charge in [0.05, 0.1) is 17.1 Å². The Kier molecular flexibility index (Phi) is 4.87. The van der Waals surface area contributed by atoms with Gasteiger partial charge in [-0.1, -0.05) is 30.3 Å². The molecule has 0 saturated heterocycles. The lowest BCUT2D eigenvalue weighted by atomic mass is 10.1. The summed E-state index contributed by atoms with van der Waals surface area (Å²) in [6.45, 7) is 4.84. The van der Waals surface area contributed by atoms with Gasteiger partial charge in [0.15, 0.2) is 0 Å². The largest absolute Gasteiger partial charge is 0.382 e. The fourth-order valence-electron chi connectivity index (χ4n) is 3.58. The lowest BCUT2D eigenvalue weighted by Crippen LogP contribution is -2.25. The van der Waals surface area contributed by atoms with Crippen molar-refractivity contribution in [3.8, 4) is 0 Å². The van der Waals surface area contributed by atoms with Crippen LogP contribution in [0.4, 0.5) is 0 Å². The van der Waals surface area contributed by atoms with Gasteiger partial charge in [-0.2, -0.15) is 5.10 Å². The highest BCUT2D eigenvalue weighted by Gasteiger charge is 2.21. The van der Waals surface area contributed by atoms with E-state index in [1.807, 2.05) is 41.1 Å². The Morgan fingerprint density at radius 2 is 2.04 bits per heavy atom. The Balaban J connectivity index is 1.53. The second kappa shape index (κ2) is 7.46. The van der Waals surface area contributed by atoms with Crippen molar-refractivity contribution in [2.45, 2.75) is 39.1 Å². The van der Waals surface area contributed by atoms with Crippen molar-refractivity contribution in [2.24, 2.45) is 0 Å². The van der Waals surface area contributed by atoms with Crippen molar-refractivity contribution >= 4 is 0 Å². The minimum atomic E-state index is -0.726. The highest BCUT2D eigenvalue weighted by atomic mass is 16.3. The molecule has 27 heavy (non-hydrogen) atoms. The van der Waals surface area contributed by atoms with Crippen molar-refractivity contribution in [2.75, 3.05) is 6.54 Å². The van der Waals surface area contributed by atoms with E-state index in [2.05, 4.69) is 20.0 Å². The number of benzene rings is 1. The molecule has 1 aliphatic rings. The molecule has 0 saturated carbocycles. The smallest absolute Gasteiger partial charge is 0.251 e. The van der Waals surface area contributed by atoms with E-state index in [0.29, 0.717) is 24.6 Å². The van der Waals surface area contributed by atoms with Crippen molar-refractivity contribution in [1.29, 1.82) is 0 Å². The average Bonchev–Trinajstić information content (AvgIpc) is 2.94. The summed E-state index contributed by atoms with van der Waals surface area (Å²) in [7, 11) is 0. The molecule has 2 aromatic heterocycles. The van der Waals surface area contributed by atoms with E-state index in [1.165, 1.54) is 0 Å². The van der Waals surface area contributed by atoms with Gasteiger partial charge < -0.3 is 10.1 Å². The molecule has 7 heteroatoms. The molecule has 0 radical (unpaired) electrons. The lowest BCUT2D eigenvalue weighted by molar-refractivity contribution is 0.213. The number of H-pyrrole nitrogens is 1. The summed E-state index contributed by atoms with van der Waals surface area (Å²) in [5.41, 5.74) is 3.23. The van der Waals surface area contributed by atoms with Gasteiger partial charge in [-0.15, -0.1) is 0 Å². The minimum absolute atomic E-state index is 0.120. The Morgan fingerprint density at radius 3 is 2.81 bits per heavy atom. The van der Waals surface area contributed by atoms with Crippen LogP contribution in [0.3, 0.4) is 0 Å². The Hall–Kier alpha value is -2.77.